The Labute approximate surface area is 99.5 Å². The van der Waals surface area contributed by atoms with E-state index in [0.29, 0.717) is 6.54 Å². The third kappa shape index (κ3) is 1.52. The quantitative estimate of drug-likeness (QED) is 0.813. The molecular weight excluding hydrogens is 222 g/mol. The highest BCUT2D eigenvalue weighted by molar-refractivity contribution is 7.10. The Morgan fingerprint density at radius 2 is 2.25 bits per heavy atom. The summed E-state index contributed by atoms with van der Waals surface area (Å²) < 4.78 is 11.4. The Balaban J connectivity index is 1.99. The van der Waals surface area contributed by atoms with Crippen molar-refractivity contribution in [3.8, 4) is 0 Å². The minimum absolute atomic E-state index is 0.114. The first-order valence-electron chi connectivity index (χ1n) is 5.83. The molecule has 3 nitrogen and oxygen atoms in total. The van der Waals surface area contributed by atoms with E-state index in [-0.39, 0.29) is 11.5 Å². The van der Waals surface area contributed by atoms with E-state index in [4.69, 9.17) is 15.2 Å². The van der Waals surface area contributed by atoms with Crippen molar-refractivity contribution < 1.29 is 9.47 Å². The van der Waals surface area contributed by atoms with Crippen LogP contribution in [-0.4, -0.2) is 26.4 Å². The summed E-state index contributed by atoms with van der Waals surface area (Å²) in [6.07, 6.45) is 2.27. The molecule has 0 aromatic carbocycles. The van der Waals surface area contributed by atoms with Gasteiger partial charge in [0, 0.05) is 30.1 Å². The molecule has 4 heteroatoms. The molecule has 88 valence electrons. The van der Waals surface area contributed by atoms with Gasteiger partial charge in [-0.3, -0.25) is 0 Å². The van der Waals surface area contributed by atoms with E-state index < -0.39 is 0 Å². The van der Waals surface area contributed by atoms with Gasteiger partial charge in [-0.1, -0.05) is 0 Å². The second-order valence-corrected chi connectivity index (χ2v) is 5.57. The molecule has 3 heterocycles. The summed E-state index contributed by atoms with van der Waals surface area (Å²) in [5.74, 6) is 0. The molecule has 16 heavy (non-hydrogen) atoms. The zero-order valence-electron chi connectivity index (χ0n) is 9.28. The molecule has 1 unspecified atom stereocenters. The van der Waals surface area contributed by atoms with Crippen molar-refractivity contribution in [1.82, 2.24) is 0 Å². The summed E-state index contributed by atoms with van der Waals surface area (Å²) >= 11 is 1.78. The van der Waals surface area contributed by atoms with Crippen molar-refractivity contribution in [3.05, 3.63) is 21.9 Å². The molecule has 1 saturated heterocycles. The highest BCUT2D eigenvalue weighted by Crippen LogP contribution is 2.45. The molecule has 2 aliphatic rings. The average molecular weight is 239 g/mol. The molecule has 1 aromatic heterocycles. The number of rotatable bonds is 1. The standard InChI is InChI=1S/C12H17NO2S/c13-7-10-11-9(1-6-16-11)12(8-15-10)2-4-14-5-3-12/h1,6,10H,2-5,7-8,13H2. The summed E-state index contributed by atoms with van der Waals surface area (Å²) in [7, 11) is 0. The van der Waals surface area contributed by atoms with Crippen LogP contribution in [0.3, 0.4) is 0 Å². The van der Waals surface area contributed by atoms with Crippen LogP contribution in [-0.2, 0) is 14.9 Å². The SMILES string of the molecule is NCC1OCC2(CCOCC2)c2ccsc21. The second-order valence-electron chi connectivity index (χ2n) is 4.63. The minimum Gasteiger partial charge on any atom is -0.381 e. The molecule has 3 rings (SSSR count). The van der Waals surface area contributed by atoms with Gasteiger partial charge in [0.05, 0.1) is 6.61 Å². The van der Waals surface area contributed by atoms with Crippen LogP contribution in [0.1, 0.15) is 29.4 Å². The van der Waals surface area contributed by atoms with Crippen LogP contribution in [0, 0.1) is 0 Å². The van der Waals surface area contributed by atoms with Gasteiger partial charge in [0.25, 0.3) is 0 Å². The van der Waals surface area contributed by atoms with E-state index >= 15 is 0 Å². The van der Waals surface area contributed by atoms with E-state index in [0.717, 1.165) is 32.7 Å². The number of nitrogens with two attached hydrogens (primary N) is 1. The molecule has 1 atom stereocenters. The topological polar surface area (TPSA) is 44.5 Å². The van der Waals surface area contributed by atoms with Gasteiger partial charge in [-0.25, -0.2) is 0 Å². The lowest BCUT2D eigenvalue weighted by atomic mass is 9.73. The maximum atomic E-state index is 5.94. The minimum atomic E-state index is 0.114. The van der Waals surface area contributed by atoms with Crippen LogP contribution >= 0.6 is 11.3 Å². The van der Waals surface area contributed by atoms with Crippen LogP contribution in [0.5, 0.6) is 0 Å². The summed E-state index contributed by atoms with van der Waals surface area (Å²) in [5.41, 5.74) is 7.43. The molecule has 0 amide bonds. The van der Waals surface area contributed by atoms with Gasteiger partial charge in [0.1, 0.15) is 6.10 Å². The van der Waals surface area contributed by atoms with E-state index in [1.54, 1.807) is 11.3 Å². The second kappa shape index (κ2) is 4.11. The smallest absolute Gasteiger partial charge is 0.104 e. The maximum absolute atomic E-state index is 5.94. The number of thiophene rings is 1. The molecule has 1 fully saturated rings. The van der Waals surface area contributed by atoms with Crippen LogP contribution < -0.4 is 5.73 Å². The van der Waals surface area contributed by atoms with Crippen LogP contribution in [0.4, 0.5) is 0 Å². The van der Waals surface area contributed by atoms with Gasteiger partial charge in [-0.2, -0.15) is 0 Å². The van der Waals surface area contributed by atoms with Crippen molar-refractivity contribution in [3.63, 3.8) is 0 Å². The fraction of sp³-hybridized carbons (Fsp3) is 0.667. The van der Waals surface area contributed by atoms with Crippen molar-refractivity contribution in [2.24, 2.45) is 5.73 Å². The number of fused-ring (bicyclic) bond motifs is 2. The molecule has 2 N–H and O–H groups in total. The largest absolute Gasteiger partial charge is 0.381 e. The highest BCUT2D eigenvalue weighted by atomic mass is 32.1. The van der Waals surface area contributed by atoms with Gasteiger partial charge < -0.3 is 15.2 Å². The van der Waals surface area contributed by atoms with E-state index in [1.807, 2.05) is 0 Å². The predicted octanol–water partition coefficient (Wildman–Crippen LogP) is 1.83. The molecule has 0 aliphatic carbocycles. The Morgan fingerprint density at radius 3 is 3.00 bits per heavy atom. The van der Waals surface area contributed by atoms with Gasteiger partial charge in [0.15, 0.2) is 0 Å². The van der Waals surface area contributed by atoms with Gasteiger partial charge in [-0.15, -0.1) is 11.3 Å². The number of hydrogen-bond donors (Lipinski definition) is 1. The lowest BCUT2D eigenvalue weighted by Gasteiger charge is -2.42. The lowest BCUT2D eigenvalue weighted by Crippen LogP contribution is -2.42. The number of hydrogen-bond acceptors (Lipinski definition) is 4. The summed E-state index contributed by atoms with van der Waals surface area (Å²) in [5, 5.41) is 2.17. The zero-order chi connectivity index (χ0) is 11.0. The highest BCUT2D eigenvalue weighted by Gasteiger charge is 2.42. The fourth-order valence-electron chi connectivity index (χ4n) is 2.77. The fourth-order valence-corrected chi connectivity index (χ4v) is 3.85. The van der Waals surface area contributed by atoms with Crippen molar-refractivity contribution in [2.45, 2.75) is 24.4 Å². The first kappa shape index (κ1) is 10.7. The number of ether oxygens (including phenoxy) is 2. The normalized spacial score (nSPS) is 27.9. The molecule has 1 spiro atoms. The molecule has 0 saturated carbocycles. The third-order valence-electron chi connectivity index (χ3n) is 3.78. The Morgan fingerprint density at radius 1 is 1.44 bits per heavy atom. The molecule has 0 radical (unpaired) electrons. The van der Waals surface area contributed by atoms with E-state index in [1.165, 1.54) is 10.4 Å². The summed E-state index contributed by atoms with van der Waals surface area (Å²) in [6, 6.07) is 2.26. The van der Waals surface area contributed by atoms with Crippen molar-refractivity contribution in [2.75, 3.05) is 26.4 Å². The molecule has 2 aliphatic heterocycles. The maximum Gasteiger partial charge on any atom is 0.104 e. The third-order valence-corrected chi connectivity index (χ3v) is 4.79. The predicted molar refractivity (Wildman–Crippen MR) is 63.8 cm³/mol. The Hall–Kier alpha value is -0.420. The van der Waals surface area contributed by atoms with Gasteiger partial charge >= 0.3 is 0 Å². The van der Waals surface area contributed by atoms with E-state index in [2.05, 4.69) is 11.4 Å². The zero-order valence-corrected chi connectivity index (χ0v) is 10.1. The van der Waals surface area contributed by atoms with Crippen LogP contribution in [0.2, 0.25) is 0 Å². The van der Waals surface area contributed by atoms with Gasteiger partial charge in [-0.05, 0) is 29.9 Å². The average Bonchev–Trinajstić information content (AvgIpc) is 2.81. The molecule has 1 aromatic rings. The Bertz CT molecular complexity index is 371. The Kier molecular flexibility index (Phi) is 2.75. The van der Waals surface area contributed by atoms with Crippen molar-refractivity contribution >= 4 is 11.3 Å². The van der Waals surface area contributed by atoms with Gasteiger partial charge in [0.2, 0.25) is 0 Å². The molecule has 0 bridgehead atoms. The lowest BCUT2D eigenvalue weighted by molar-refractivity contribution is -0.0401. The molecular formula is C12H17NO2S. The van der Waals surface area contributed by atoms with Crippen molar-refractivity contribution in [1.29, 1.82) is 0 Å². The van der Waals surface area contributed by atoms with Crippen LogP contribution in [0.15, 0.2) is 11.4 Å². The van der Waals surface area contributed by atoms with Crippen LogP contribution in [0.25, 0.3) is 0 Å². The first-order chi connectivity index (χ1) is 7.86. The summed E-state index contributed by atoms with van der Waals surface area (Å²) in [6.45, 7) is 3.10. The first-order valence-corrected chi connectivity index (χ1v) is 6.71. The van der Waals surface area contributed by atoms with E-state index in [9.17, 15) is 0 Å². The monoisotopic (exact) mass is 239 g/mol. The summed E-state index contributed by atoms with van der Waals surface area (Å²) in [4.78, 5) is 1.34.